The van der Waals surface area contributed by atoms with Gasteiger partial charge in [0.15, 0.2) is 0 Å². The predicted molar refractivity (Wildman–Crippen MR) is 169 cm³/mol. The van der Waals surface area contributed by atoms with Crippen LogP contribution in [0.15, 0.2) is 24.3 Å². The van der Waals surface area contributed by atoms with Crippen LogP contribution in [0.25, 0.3) is 0 Å². The highest BCUT2D eigenvalue weighted by Crippen LogP contribution is 2.10. The van der Waals surface area contributed by atoms with Crippen molar-refractivity contribution < 1.29 is 28.7 Å². The topological polar surface area (TPSA) is 181 Å². The van der Waals surface area contributed by atoms with Gasteiger partial charge >= 0.3 is 12.1 Å². The van der Waals surface area contributed by atoms with E-state index in [1.807, 2.05) is 41.5 Å². The van der Waals surface area contributed by atoms with E-state index < -0.39 is 30.0 Å². The fraction of sp³-hybridized carbons (Fsp3) is 0.633. The molecular weight excluding hydrogens is 540 g/mol. The third-order valence-electron chi connectivity index (χ3n) is 4.81. The molecule has 0 saturated heterocycles. The van der Waals surface area contributed by atoms with Crippen LogP contribution in [0.2, 0.25) is 0 Å². The standard InChI is InChI=1S/C21H32N4O5.C4H10N2O.C3H8.C2H6/c1-5-6-7-17(26)25-19(14(2)3)20(28)23-12-18(27)24-16-10-8-15(9-11-16)13-30-21(29)22-4;1-2-3-6-4(5)7;1-3-2;1-2/h8-11,14,19H,5-7,12-13H2,1-4H3,(H,22,29)(H,23,28)(H,24,27)(H,25,26);2-3H2,1H3,(H3,5,6,7);3H2,1-2H3;1-2H3. The zero-order valence-electron chi connectivity index (χ0n) is 27.1. The van der Waals surface area contributed by atoms with Crippen LogP contribution in [-0.2, 0) is 25.7 Å². The lowest BCUT2D eigenvalue weighted by Gasteiger charge is -2.21. The second kappa shape index (κ2) is 28.7. The maximum absolute atomic E-state index is 12.4. The summed E-state index contributed by atoms with van der Waals surface area (Å²) in [7, 11) is 1.48. The molecule has 0 fully saturated rings. The Bertz CT molecular complexity index is 878. The van der Waals surface area contributed by atoms with Gasteiger partial charge in [-0.2, -0.15) is 0 Å². The van der Waals surface area contributed by atoms with E-state index in [9.17, 15) is 24.0 Å². The van der Waals surface area contributed by atoms with Crippen LogP contribution in [0.3, 0.4) is 0 Å². The summed E-state index contributed by atoms with van der Waals surface area (Å²) in [5.41, 5.74) is 6.04. The van der Waals surface area contributed by atoms with Crippen LogP contribution in [-0.4, -0.2) is 56.0 Å². The van der Waals surface area contributed by atoms with Crippen molar-refractivity contribution >= 4 is 35.5 Å². The first-order chi connectivity index (χ1) is 19.9. The van der Waals surface area contributed by atoms with Crippen LogP contribution in [0, 0.1) is 5.92 Å². The molecule has 7 N–H and O–H groups in total. The summed E-state index contributed by atoms with van der Waals surface area (Å²) in [5, 5.41) is 12.8. The van der Waals surface area contributed by atoms with Gasteiger partial charge in [-0.25, -0.2) is 9.59 Å². The van der Waals surface area contributed by atoms with E-state index in [1.165, 1.54) is 13.5 Å². The molecule has 12 heteroatoms. The van der Waals surface area contributed by atoms with Crippen LogP contribution in [0.5, 0.6) is 0 Å². The quantitative estimate of drug-likeness (QED) is 0.196. The van der Waals surface area contributed by atoms with E-state index >= 15 is 0 Å². The Labute approximate surface area is 252 Å². The molecule has 1 atom stereocenters. The van der Waals surface area contributed by atoms with Crippen molar-refractivity contribution in [1.82, 2.24) is 21.3 Å². The molecule has 0 aliphatic rings. The van der Waals surface area contributed by atoms with Gasteiger partial charge in [-0.1, -0.05) is 80.4 Å². The Morgan fingerprint density at radius 2 is 1.45 bits per heavy atom. The summed E-state index contributed by atoms with van der Waals surface area (Å²) < 4.78 is 4.94. The number of hydrogen-bond donors (Lipinski definition) is 6. The predicted octanol–water partition coefficient (Wildman–Crippen LogP) is 4.44. The first-order valence-electron chi connectivity index (χ1n) is 14.8. The first-order valence-corrected chi connectivity index (χ1v) is 14.8. The largest absolute Gasteiger partial charge is 0.445 e. The number of hydrogen-bond acceptors (Lipinski definition) is 6. The summed E-state index contributed by atoms with van der Waals surface area (Å²) >= 11 is 0. The number of amides is 6. The highest BCUT2D eigenvalue weighted by atomic mass is 16.5. The Balaban J connectivity index is -0.00000107. The Morgan fingerprint density at radius 1 is 0.881 bits per heavy atom. The number of ether oxygens (including phenoxy) is 1. The second-order valence-corrected chi connectivity index (χ2v) is 9.18. The molecule has 0 aromatic heterocycles. The number of primary amides is 1. The van der Waals surface area contributed by atoms with E-state index in [1.54, 1.807) is 24.3 Å². The van der Waals surface area contributed by atoms with Gasteiger partial charge in [0, 0.05) is 25.7 Å². The number of unbranched alkanes of at least 4 members (excludes halogenated alkanes) is 1. The lowest BCUT2D eigenvalue weighted by molar-refractivity contribution is -0.130. The van der Waals surface area contributed by atoms with Crippen LogP contribution in [0.4, 0.5) is 15.3 Å². The van der Waals surface area contributed by atoms with Gasteiger partial charge in [0.2, 0.25) is 17.7 Å². The molecular formula is C30H56N6O6. The Hall–Kier alpha value is -3.83. The molecule has 1 aromatic carbocycles. The SMILES string of the molecule is CC.CCC.CCCCC(=O)NC(C(=O)NCC(=O)Nc1ccc(COC(=O)NC)cc1)C(C)C.CCCNC(N)=O. The normalized spacial score (nSPS) is 10.0. The minimum atomic E-state index is -0.693. The minimum absolute atomic E-state index is 0.108. The van der Waals surface area contributed by atoms with E-state index in [-0.39, 0.29) is 25.0 Å². The summed E-state index contributed by atoms with van der Waals surface area (Å²) in [5.74, 6) is -1.07. The van der Waals surface area contributed by atoms with Crippen molar-refractivity contribution in [3.8, 4) is 0 Å². The van der Waals surface area contributed by atoms with Crippen molar-refractivity contribution in [2.24, 2.45) is 11.7 Å². The Morgan fingerprint density at radius 3 is 1.88 bits per heavy atom. The molecule has 1 unspecified atom stereocenters. The average Bonchev–Trinajstić information content (AvgIpc) is 2.97. The van der Waals surface area contributed by atoms with Gasteiger partial charge in [-0.15, -0.1) is 0 Å². The van der Waals surface area contributed by atoms with Gasteiger partial charge < -0.3 is 37.1 Å². The highest BCUT2D eigenvalue weighted by Gasteiger charge is 2.24. The van der Waals surface area contributed by atoms with Gasteiger partial charge in [0.1, 0.15) is 12.6 Å². The molecule has 0 aliphatic carbocycles. The molecule has 0 aliphatic heterocycles. The van der Waals surface area contributed by atoms with E-state index in [2.05, 4.69) is 40.4 Å². The molecule has 0 bridgehead atoms. The van der Waals surface area contributed by atoms with Crippen LogP contribution in [0.1, 0.15) is 93.1 Å². The smallest absolute Gasteiger partial charge is 0.407 e. The fourth-order valence-corrected chi connectivity index (χ4v) is 2.75. The lowest BCUT2D eigenvalue weighted by Crippen LogP contribution is -2.51. The number of carbonyl (C=O) groups is 5. The average molecular weight is 597 g/mol. The van der Waals surface area contributed by atoms with Gasteiger partial charge in [0.25, 0.3) is 0 Å². The van der Waals surface area contributed by atoms with Crippen molar-refractivity contribution in [3.05, 3.63) is 29.8 Å². The molecule has 1 aromatic rings. The minimum Gasteiger partial charge on any atom is -0.445 e. The molecule has 0 saturated carbocycles. The summed E-state index contributed by atoms with van der Waals surface area (Å²) in [6.07, 6.45) is 3.69. The number of anilines is 1. The summed E-state index contributed by atoms with van der Waals surface area (Å²) in [6, 6.07) is 5.65. The third-order valence-corrected chi connectivity index (χ3v) is 4.81. The van der Waals surface area contributed by atoms with E-state index in [0.717, 1.165) is 24.8 Å². The van der Waals surface area contributed by atoms with Gasteiger partial charge in [0.05, 0.1) is 6.54 Å². The zero-order chi connectivity index (χ0) is 32.9. The number of urea groups is 1. The van der Waals surface area contributed by atoms with Crippen LogP contribution >= 0.6 is 0 Å². The monoisotopic (exact) mass is 596 g/mol. The summed E-state index contributed by atoms with van der Waals surface area (Å²) in [6.45, 7) is 16.5. The molecule has 1 rings (SSSR count). The van der Waals surface area contributed by atoms with Gasteiger partial charge in [-0.3, -0.25) is 14.4 Å². The van der Waals surface area contributed by atoms with Gasteiger partial charge in [-0.05, 0) is 36.5 Å². The molecule has 0 spiro atoms. The number of carbonyl (C=O) groups excluding carboxylic acids is 5. The molecule has 42 heavy (non-hydrogen) atoms. The molecule has 12 nitrogen and oxygen atoms in total. The van der Waals surface area contributed by atoms with E-state index in [0.29, 0.717) is 18.7 Å². The maximum Gasteiger partial charge on any atom is 0.407 e. The third kappa shape index (κ3) is 25.2. The molecule has 0 heterocycles. The first kappa shape index (κ1) is 42.6. The molecule has 0 radical (unpaired) electrons. The highest BCUT2D eigenvalue weighted by molar-refractivity contribution is 5.96. The summed E-state index contributed by atoms with van der Waals surface area (Å²) in [4.78, 5) is 57.4. The zero-order valence-corrected chi connectivity index (χ0v) is 27.1. The van der Waals surface area contributed by atoms with Crippen molar-refractivity contribution in [2.45, 2.75) is 100 Å². The number of nitrogens with two attached hydrogens (primary N) is 1. The number of alkyl carbamates (subject to hydrolysis) is 1. The van der Waals surface area contributed by atoms with Crippen LogP contribution < -0.4 is 32.3 Å². The van der Waals surface area contributed by atoms with Crippen molar-refractivity contribution in [2.75, 3.05) is 25.5 Å². The molecule has 242 valence electrons. The van der Waals surface area contributed by atoms with Crippen molar-refractivity contribution in [3.63, 3.8) is 0 Å². The Kier molecular flexibility index (Phi) is 29.1. The van der Waals surface area contributed by atoms with Crippen molar-refractivity contribution in [1.29, 1.82) is 0 Å². The number of nitrogens with one attached hydrogen (secondary N) is 5. The lowest BCUT2D eigenvalue weighted by atomic mass is 10.0. The maximum atomic E-state index is 12.4. The molecule has 6 amide bonds. The fourth-order valence-electron chi connectivity index (χ4n) is 2.75. The second-order valence-electron chi connectivity index (χ2n) is 9.18. The number of rotatable bonds is 13. The van der Waals surface area contributed by atoms with E-state index in [4.69, 9.17) is 10.5 Å². The number of benzene rings is 1.